The van der Waals surface area contributed by atoms with Crippen LogP contribution in [0.1, 0.15) is 43.0 Å². The molecule has 1 aromatic rings. The molecule has 1 aliphatic carbocycles. The van der Waals surface area contributed by atoms with E-state index in [2.05, 4.69) is 12.2 Å². The maximum Gasteiger partial charge on any atom is 0.244 e. The van der Waals surface area contributed by atoms with Crippen LogP contribution in [-0.4, -0.2) is 32.9 Å². The molecule has 4 nitrogen and oxygen atoms in total. The van der Waals surface area contributed by atoms with Crippen LogP contribution in [0.15, 0.2) is 10.3 Å². The van der Waals surface area contributed by atoms with E-state index in [1.807, 2.05) is 19.4 Å². The van der Waals surface area contributed by atoms with Crippen LogP contribution < -0.4 is 5.32 Å². The molecule has 0 unspecified atom stereocenters. The second kappa shape index (κ2) is 6.77. The van der Waals surface area contributed by atoms with Crippen LogP contribution in [0.4, 0.5) is 0 Å². The Morgan fingerprint density at radius 2 is 1.95 bits per heavy atom. The fraction of sp³-hybridized carbons (Fsp3) is 0.733. The van der Waals surface area contributed by atoms with Gasteiger partial charge in [0.2, 0.25) is 10.0 Å². The average molecular weight is 331 g/mol. The molecule has 0 aliphatic heterocycles. The summed E-state index contributed by atoms with van der Waals surface area (Å²) in [5, 5.41) is 5.00. The number of nitrogens with zero attached hydrogens (tertiary/aromatic N) is 1. The standard InChI is InChI=1S/C15H26N2O2S2/c1-11-5-7-13(8-6-11)17(4)21(18,19)15-12(2)10-20-14(15)9-16-3/h10-11,13,16H,5-9H2,1-4H3. The molecule has 0 spiro atoms. The van der Waals surface area contributed by atoms with Crippen molar-refractivity contribution in [2.24, 2.45) is 5.92 Å². The lowest BCUT2D eigenvalue weighted by atomic mass is 9.87. The molecular weight excluding hydrogens is 304 g/mol. The molecular formula is C15H26N2O2S2. The molecule has 1 aromatic heterocycles. The summed E-state index contributed by atoms with van der Waals surface area (Å²) in [6.07, 6.45) is 4.19. The van der Waals surface area contributed by atoms with Crippen LogP contribution in [-0.2, 0) is 16.6 Å². The van der Waals surface area contributed by atoms with Crippen molar-refractivity contribution >= 4 is 21.4 Å². The summed E-state index contributed by atoms with van der Waals surface area (Å²) in [5.74, 6) is 0.722. The summed E-state index contributed by atoms with van der Waals surface area (Å²) in [5.41, 5.74) is 0.862. The minimum atomic E-state index is -3.39. The maximum absolute atomic E-state index is 13.0. The Kier molecular flexibility index (Phi) is 5.46. The summed E-state index contributed by atoms with van der Waals surface area (Å²) in [4.78, 5) is 1.42. The van der Waals surface area contributed by atoms with Crippen LogP contribution in [0, 0.1) is 12.8 Å². The molecule has 0 bridgehead atoms. The Morgan fingerprint density at radius 3 is 2.52 bits per heavy atom. The normalized spacial score (nSPS) is 23.7. The SMILES string of the molecule is CNCc1scc(C)c1S(=O)(=O)N(C)C1CCC(C)CC1. The molecule has 1 aliphatic rings. The highest BCUT2D eigenvalue weighted by Crippen LogP contribution is 2.33. The van der Waals surface area contributed by atoms with Gasteiger partial charge in [0.15, 0.2) is 0 Å². The molecule has 0 amide bonds. The lowest BCUT2D eigenvalue weighted by Crippen LogP contribution is -2.39. The number of thiophene rings is 1. The van der Waals surface area contributed by atoms with E-state index in [0.29, 0.717) is 11.4 Å². The molecule has 1 N–H and O–H groups in total. The molecule has 21 heavy (non-hydrogen) atoms. The van der Waals surface area contributed by atoms with Crippen molar-refractivity contribution in [1.82, 2.24) is 9.62 Å². The summed E-state index contributed by atoms with van der Waals surface area (Å²) in [7, 11) is 0.199. The number of nitrogens with one attached hydrogen (secondary N) is 1. The zero-order valence-corrected chi connectivity index (χ0v) is 15.0. The summed E-state index contributed by atoms with van der Waals surface area (Å²) >= 11 is 1.52. The van der Waals surface area contributed by atoms with Crippen molar-refractivity contribution < 1.29 is 8.42 Å². The van der Waals surface area contributed by atoms with Gasteiger partial charge in [-0.1, -0.05) is 6.92 Å². The Labute approximate surface area is 132 Å². The zero-order chi connectivity index (χ0) is 15.6. The molecule has 1 heterocycles. The van der Waals surface area contributed by atoms with Gasteiger partial charge in [0.1, 0.15) is 4.90 Å². The largest absolute Gasteiger partial charge is 0.315 e. The Morgan fingerprint density at radius 1 is 1.33 bits per heavy atom. The monoisotopic (exact) mass is 330 g/mol. The molecule has 1 fully saturated rings. The summed E-state index contributed by atoms with van der Waals surface area (Å²) in [6.45, 7) is 4.74. The van der Waals surface area contributed by atoms with Crippen molar-refractivity contribution in [3.8, 4) is 0 Å². The minimum absolute atomic E-state index is 0.146. The fourth-order valence-electron chi connectivity index (χ4n) is 3.06. The predicted octanol–water partition coefficient (Wildman–Crippen LogP) is 2.98. The predicted molar refractivity (Wildman–Crippen MR) is 88.2 cm³/mol. The molecule has 2 rings (SSSR count). The number of rotatable bonds is 5. The van der Waals surface area contributed by atoms with E-state index in [1.165, 1.54) is 11.3 Å². The van der Waals surface area contributed by atoms with Gasteiger partial charge in [0.25, 0.3) is 0 Å². The van der Waals surface area contributed by atoms with Gasteiger partial charge in [-0.25, -0.2) is 8.42 Å². The van der Waals surface area contributed by atoms with Crippen LogP contribution in [0.3, 0.4) is 0 Å². The third-order valence-electron chi connectivity index (χ3n) is 4.46. The minimum Gasteiger partial charge on any atom is -0.315 e. The topological polar surface area (TPSA) is 49.4 Å². The van der Waals surface area contributed by atoms with Gasteiger partial charge in [0.05, 0.1) is 0 Å². The molecule has 0 saturated heterocycles. The number of sulfonamides is 1. The van der Waals surface area contributed by atoms with Crippen LogP contribution in [0.25, 0.3) is 0 Å². The van der Waals surface area contributed by atoms with Crippen LogP contribution in [0.5, 0.6) is 0 Å². The van der Waals surface area contributed by atoms with Crippen molar-refractivity contribution in [1.29, 1.82) is 0 Å². The summed E-state index contributed by atoms with van der Waals surface area (Å²) < 4.78 is 27.6. The van der Waals surface area contributed by atoms with Gasteiger partial charge in [-0.2, -0.15) is 4.31 Å². The number of hydrogen-bond acceptors (Lipinski definition) is 4. The van der Waals surface area contributed by atoms with E-state index in [0.717, 1.165) is 42.0 Å². The van der Waals surface area contributed by atoms with E-state index in [4.69, 9.17) is 0 Å². The highest BCUT2D eigenvalue weighted by atomic mass is 32.2. The van der Waals surface area contributed by atoms with E-state index >= 15 is 0 Å². The first-order chi connectivity index (χ1) is 9.87. The third-order valence-corrected chi connectivity index (χ3v) is 7.84. The van der Waals surface area contributed by atoms with Crippen LogP contribution in [0.2, 0.25) is 0 Å². The summed E-state index contributed by atoms with van der Waals surface area (Å²) in [6, 6.07) is 0.146. The average Bonchev–Trinajstić information content (AvgIpc) is 2.81. The zero-order valence-electron chi connectivity index (χ0n) is 13.3. The second-order valence-corrected chi connectivity index (χ2v) is 9.03. The van der Waals surface area contributed by atoms with Crippen molar-refractivity contribution in [2.45, 2.75) is 57.0 Å². The lowest BCUT2D eigenvalue weighted by molar-refractivity contribution is 0.246. The highest BCUT2D eigenvalue weighted by molar-refractivity contribution is 7.89. The van der Waals surface area contributed by atoms with Gasteiger partial charge in [-0.05, 0) is 56.5 Å². The Hall–Kier alpha value is -0.430. The number of aryl methyl sites for hydroxylation is 1. The van der Waals surface area contributed by atoms with E-state index in [-0.39, 0.29) is 6.04 Å². The fourth-order valence-corrected chi connectivity index (χ4v) is 6.25. The van der Waals surface area contributed by atoms with Crippen molar-refractivity contribution in [3.05, 3.63) is 15.8 Å². The molecule has 0 atom stereocenters. The molecule has 0 radical (unpaired) electrons. The third kappa shape index (κ3) is 3.50. The van der Waals surface area contributed by atoms with Gasteiger partial charge in [0, 0.05) is 24.5 Å². The van der Waals surface area contributed by atoms with Gasteiger partial charge in [-0.3, -0.25) is 0 Å². The van der Waals surface area contributed by atoms with Crippen molar-refractivity contribution in [3.63, 3.8) is 0 Å². The highest BCUT2D eigenvalue weighted by Gasteiger charge is 2.33. The molecule has 6 heteroatoms. The second-order valence-electron chi connectivity index (χ2n) is 6.14. The van der Waals surface area contributed by atoms with Gasteiger partial charge < -0.3 is 5.32 Å². The lowest BCUT2D eigenvalue weighted by Gasteiger charge is -2.33. The first-order valence-corrected chi connectivity index (χ1v) is 9.89. The Balaban J connectivity index is 2.27. The molecule has 0 aromatic carbocycles. The first-order valence-electron chi connectivity index (χ1n) is 7.57. The van der Waals surface area contributed by atoms with Gasteiger partial charge in [-0.15, -0.1) is 11.3 Å². The molecule has 120 valence electrons. The van der Waals surface area contributed by atoms with Crippen LogP contribution >= 0.6 is 11.3 Å². The molecule has 1 saturated carbocycles. The smallest absolute Gasteiger partial charge is 0.244 e. The number of hydrogen-bond donors (Lipinski definition) is 1. The van der Waals surface area contributed by atoms with E-state index < -0.39 is 10.0 Å². The first kappa shape index (κ1) is 16.9. The van der Waals surface area contributed by atoms with Gasteiger partial charge >= 0.3 is 0 Å². The van der Waals surface area contributed by atoms with Crippen molar-refractivity contribution in [2.75, 3.05) is 14.1 Å². The van der Waals surface area contributed by atoms with E-state index in [1.54, 1.807) is 11.4 Å². The quantitative estimate of drug-likeness (QED) is 0.903. The van der Waals surface area contributed by atoms with E-state index in [9.17, 15) is 8.42 Å². The maximum atomic E-state index is 13.0. The Bertz CT molecular complexity index is 572.